The molecule has 5 nitrogen and oxygen atoms in total. The van der Waals surface area contributed by atoms with E-state index < -0.39 is 11.4 Å². The van der Waals surface area contributed by atoms with Crippen LogP contribution in [0.1, 0.15) is 0 Å². The van der Waals surface area contributed by atoms with Gasteiger partial charge in [0.2, 0.25) is 0 Å². The normalized spacial score (nSPS) is 10.7. The van der Waals surface area contributed by atoms with Crippen molar-refractivity contribution in [3.8, 4) is 0 Å². The molecule has 0 saturated heterocycles. The highest BCUT2D eigenvalue weighted by atomic mass is 79.9. The SMILES string of the molecule is O=c1nc2c(Cl)cc(Br)cn2c(=O)[nH]1. The second-order valence-electron chi connectivity index (χ2n) is 2.55. The van der Waals surface area contributed by atoms with E-state index >= 15 is 0 Å². The van der Waals surface area contributed by atoms with Crippen LogP contribution in [0.3, 0.4) is 0 Å². The number of aromatic amines is 1. The summed E-state index contributed by atoms with van der Waals surface area (Å²) in [6.07, 6.45) is 1.48. The molecule has 1 N–H and O–H groups in total. The quantitative estimate of drug-likeness (QED) is 0.774. The fourth-order valence-electron chi connectivity index (χ4n) is 1.06. The minimum atomic E-state index is -0.709. The van der Waals surface area contributed by atoms with Crippen LogP contribution >= 0.6 is 27.5 Å². The summed E-state index contributed by atoms with van der Waals surface area (Å²) in [5.41, 5.74) is -1.13. The molecular weight excluding hydrogens is 273 g/mol. The molecule has 2 heterocycles. The van der Waals surface area contributed by atoms with Crippen molar-refractivity contribution in [3.05, 3.63) is 42.7 Å². The predicted octanol–water partition coefficient (Wildman–Crippen LogP) is 0.799. The number of aromatic nitrogens is 3. The first-order valence-electron chi connectivity index (χ1n) is 3.55. The third-order valence-electron chi connectivity index (χ3n) is 1.60. The summed E-state index contributed by atoms with van der Waals surface area (Å²) in [7, 11) is 0. The Morgan fingerprint density at radius 1 is 1.50 bits per heavy atom. The molecule has 2 aromatic heterocycles. The third kappa shape index (κ3) is 1.46. The molecule has 0 unspecified atom stereocenters. The van der Waals surface area contributed by atoms with E-state index in [0.717, 1.165) is 4.40 Å². The summed E-state index contributed by atoms with van der Waals surface area (Å²) in [5.74, 6) is 0. The van der Waals surface area contributed by atoms with E-state index in [4.69, 9.17) is 11.6 Å². The summed E-state index contributed by atoms with van der Waals surface area (Å²) in [6, 6.07) is 1.56. The topological polar surface area (TPSA) is 67.2 Å². The Hall–Kier alpha value is -1.14. The summed E-state index contributed by atoms with van der Waals surface area (Å²) in [6.45, 7) is 0. The highest BCUT2D eigenvalue weighted by molar-refractivity contribution is 9.10. The van der Waals surface area contributed by atoms with Gasteiger partial charge in [-0.1, -0.05) is 11.6 Å². The highest BCUT2D eigenvalue weighted by Crippen LogP contribution is 2.18. The number of halogens is 2. The number of nitrogens with one attached hydrogen (secondary N) is 1. The van der Waals surface area contributed by atoms with Crippen molar-refractivity contribution in [2.75, 3.05) is 0 Å². The minimum Gasteiger partial charge on any atom is -0.257 e. The van der Waals surface area contributed by atoms with Gasteiger partial charge in [0.15, 0.2) is 5.65 Å². The number of nitrogens with zero attached hydrogens (tertiary/aromatic N) is 2. The summed E-state index contributed by atoms with van der Waals surface area (Å²) >= 11 is 8.97. The lowest BCUT2D eigenvalue weighted by molar-refractivity contribution is 0.901. The lowest BCUT2D eigenvalue weighted by Gasteiger charge is -2.00. The van der Waals surface area contributed by atoms with Gasteiger partial charge in [-0.2, -0.15) is 4.98 Å². The number of hydrogen-bond donors (Lipinski definition) is 1. The van der Waals surface area contributed by atoms with E-state index in [1.165, 1.54) is 6.20 Å². The maximum Gasteiger partial charge on any atom is 0.351 e. The van der Waals surface area contributed by atoms with Gasteiger partial charge >= 0.3 is 11.4 Å². The largest absolute Gasteiger partial charge is 0.351 e. The fourth-order valence-corrected chi connectivity index (χ4v) is 1.88. The van der Waals surface area contributed by atoms with Gasteiger partial charge in [-0.05, 0) is 22.0 Å². The Bertz CT molecular complexity index is 618. The molecule has 2 rings (SSSR count). The Kier molecular flexibility index (Phi) is 2.16. The maximum atomic E-state index is 11.3. The number of hydrogen-bond acceptors (Lipinski definition) is 3. The first-order chi connectivity index (χ1) is 6.58. The van der Waals surface area contributed by atoms with Gasteiger partial charge < -0.3 is 0 Å². The molecule has 0 aromatic carbocycles. The Labute approximate surface area is 90.5 Å². The molecule has 0 saturated carbocycles. The van der Waals surface area contributed by atoms with Crippen LogP contribution in [-0.4, -0.2) is 14.4 Å². The lowest BCUT2D eigenvalue weighted by atomic mass is 10.5. The van der Waals surface area contributed by atoms with Crippen molar-refractivity contribution in [3.63, 3.8) is 0 Å². The molecule has 7 heteroatoms. The van der Waals surface area contributed by atoms with Crippen LogP contribution < -0.4 is 11.4 Å². The van der Waals surface area contributed by atoms with E-state index in [2.05, 4.69) is 20.9 Å². The van der Waals surface area contributed by atoms with Gasteiger partial charge in [-0.25, -0.2) is 9.59 Å². The molecule has 0 amide bonds. The molecule has 2 aromatic rings. The Balaban J connectivity index is 3.10. The zero-order chi connectivity index (χ0) is 10.3. The van der Waals surface area contributed by atoms with Crippen molar-refractivity contribution in [2.24, 2.45) is 0 Å². The Morgan fingerprint density at radius 2 is 2.21 bits per heavy atom. The van der Waals surface area contributed by atoms with Crippen LogP contribution in [0.25, 0.3) is 5.65 Å². The number of H-pyrrole nitrogens is 1. The van der Waals surface area contributed by atoms with Crippen molar-refractivity contribution in [1.29, 1.82) is 0 Å². The second kappa shape index (κ2) is 3.21. The summed E-state index contributed by atoms with van der Waals surface area (Å²) in [4.78, 5) is 27.8. The van der Waals surface area contributed by atoms with Gasteiger partial charge in [-0.3, -0.25) is 9.38 Å². The zero-order valence-electron chi connectivity index (χ0n) is 6.62. The van der Waals surface area contributed by atoms with Crippen molar-refractivity contribution >= 4 is 33.2 Å². The number of pyridine rings is 1. The Morgan fingerprint density at radius 3 is 2.93 bits per heavy atom. The molecule has 72 valence electrons. The standard InChI is InChI=1S/C7H3BrClN3O2/c8-3-1-4(9)5-10-6(13)11-7(14)12(5)2-3/h1-2H,(H,11,13,14). The van der Waals surface area contributed by atoms with E-state index in [1.807, 2.05) is 4.98 Å². The predicted molar refractivity (Wildman–Crippen MR) is 54.8 cm³/mol. The van der Waals surface area contributed by atoms with Crippen LogP contribution in [0.15, 0.2) is 26.3 Å². The van der Waals surface area contributed by atoms with Crippen LogP contribution in [0.2, 0.25) is 5.02 Å². The molecule has 0 radical (unpaired) electrons. The smallest absolute Gasteiger partial charge is 0.257 e. The molecule has 0 aliphatic heterocycles. The monoisotopic (exact) mass is 275 g/mol. The van der Waals surface area contributed by atoms with Gasteiger partial charge in [-0.15, -0.1) is 0 Å². The van der Waals surface area contributed by atoms with E-state index in [9.17, 15) is 9.59 Å². The van der Waals surface area contributed by atoms with Crippen LogP contribution in [0.4, 0.5) is 0 Å². The van der Waals surface area contributed by atoms with Crippen molar-refractivity contribution in [2.45, 2.75) is 0 Å². The summed E-state index contributed by atoms with van der Waals surface area (Å²) < 4.78 is 1.79. The van der Waals surface area contributed by atoms with Gasteiger partial charge in [0.05, 0.1) is 5.02 Å². The van der Waals surface area contributed by atoms with Crippen LogP contribution in [0, 0.1) is 0 Å². The third-order valence-corrected chi connectivity index (χ3v) is 2.31. The molecule has 0 aliphatic rings. The number of fused-ring (bicyclic) bond motifs is 1. The molecule has 0 aliphatic carbocycles. The van der Waals surface area contributed by atoms with Crippen LogP contribution in [0.5, 0.6) is 0 Å². The van der Waals surface area contributed by atoms with E-state index in [1.54, 1.807) is 6.07 Å². The van der Waals surface area contributed by atoms with Crippen LogP contribution in [-0.2, 0) is 0 Å². The maximum absolute atomic E-state index is 11.3. The number of rotatable bonds is 0. The minimum absolute atomic E-state index is 0.142. The van der Waals surface area contributed by atoms with Gasteiger partial charge in [0, 0.05) is 10.7 Å². The lowest BCUT2D eigenvalue weighted by Crippen LogP contribution is -2.28. The van der Waals surface area contributed by atoms with Crippen molar-refractivity contribution in [1.82, 2.24) is 14.4 Å². The molecule has 0 fully saturated rings. The fraction of sp³-hybridized carbons (Fsp3) is 0. The summed E-state index contributed by atoms with van der Waals surface area (Å²) in [5, 5.41) is 0.238. The first kappa shape index (κ1) is 9.42. The van der Waals surface area contributed by atoms with E-state index in [0.29, 0.717) is 4.47 Å². The second-order valence-corrected chi connectivity index (χ2v) is 3.87. The zero-order valence-corrected chi connectivity index (χ0v) is 8.96. The van der Waals surface area contributed by atoms with Gasteiger partial charge in [0.25, 0.3) is 0 Å². The van der Waals surface area contributed by atoms with Gasteiger partial charge in [0.1, 0.15) is 0 Å². The molecule has 0 bridgehead atoms. The highest BCUT2D eigenvalue weighted by Gasteiger charge is 2.05. The van der Waals surface area contributed by atoms with Crippen molar-refractivity contribution < 1.29 is 0 Å². The molecule has 14 heavy (non-hydrogen) atoms. The average Bonchev–Trinajstić information content (AvgIpc) is 2.07. The first-order valence-corrected chi connectivity index (χ1v) is 4.73. The molecule has 0 atom stereocenters. The molecule has 0 spiro atoms. The average molecular weight is 276 g/mol. The van der Waals surface area contributed by atoms with E-state index in [-0.39, 0.29) is 10.7 Å². The molecular formula is C7H3BrClN3O2.